The molecule has 86 valence electrons. The van der Waals surface area contributed by atoms with Crippen molar-refractivity contribution in [1.29, 1.82) is 5.26 Å². The number of hydrogen-bond acceptors (Lipinski definition) is 4. The quantitative estimate of drug-likeness (QED) is 0.743. The Labute approximate surface area is 94.9 Å². The highest BCUT2D eigenvalue weighted by Crippen LogP contribution is 2.22. The molecule has 1 aromatic carbocycles. The predicted octanol–water partition coefficient (Wildman–Crippen LogP) is 1.28. The average Bonchev–Trinajstić information content (AvgIpc) is 2.30. The summed E-state index contributed by atoms with van der Waals surface area (Å²) in [5.74, 6) is -0.0966. The summed E-state index contributed by atoms with van der Waals surface area (Å²) in [6.45, 7) is 1.51. The smallest absolute Gasteiger partial charge is 0.257 e. The Kier molecular flexibility index (Phi) is 3.88. The second kappa shape index (κ2) is 4.96. The fourth-order valence-corrected chi connectivity index (χ4v) is 2.13. The van der Waals surface area contributed by atoms with Gasteiger partial charge >= 0.3 is 0 Å². The highest BCUT2D eigenvalue weighted by atomic mass is 32.2. The van der Waals surface area contributed by atoms with Crippen molar-refractivity contribution in [2.24, 2.45) is 0 Å². The summed E-state index contributed by atoms with van der Waals surface area (Å²) in [5, 5.41) is 8.87. The Hall–Kier alpha value is -1.58. The maximum absolute atomic E-state index is 11.7. The molecule has 0 fully saturated rings. The SMILES string of the molecule is CCS(=O)(=O)N(OC)c1ccccc1C#N. The molecule has 0 aromatic heterocycles. The maximum Gasteiger partial charge on any atom is 0.257 e. The molecule has 0 spiro atoms. The van der Waals surface area contributed by atoms with Gasteiger partial charge in [-0.3, -0.25) is 4.84 Å². The van der Waals surface area contributed by atoms with E-state index >= 15 is 0 Å². The number of sulfonamides is 1. The van der Waals surface area contributed by atoms with Crippen LogP contribution in [0.25, 0.3) is 0 Å². The van der Waals surface area contributed by atoms with Crippen LogP contribution in [-0.2, 0) is 14.9 Å². The monoisotopic (exact) mass is 240 g/mol. The summed E-state index contributed by atoms with van der Waals surface area (Å²) < 4.78 is 24.2. The first-order valence-electron chi connectivity index (χ1n) is 4.63. The highest BCUT2D eigenvalue weighted by Gasteiger charge is 2.22. The molecular weight excluding hydrogens is 228 g/mol. The number of anilines is 1. The maximum atomic E-state index is 11.7. The lowest BCUT2D eigenvalue weighted by molar-refractivity contribution is 0.216. The minimum Gasteiger partial charge on any atom is -0.262 e. The van der Waals surface area contributed by atoms with Crippen molar-refractivity contribution in [3.8, 4) is 6.07 Å². The zero-order valence-electron chi connectivity index (χ0n) is 9.04. The van der Waals surface area contributed by atoms with Gasteiger partial charge in [-0.1, -0.05) is 12.1 Å². The Morgan fingerprint density at radius 2 is 2.06 bits per heavy atom. The molecule has 1 rings (SSSR count). The van der Waals surface area contributed by atoms with Crippen molar-refractivity contribution in [3.63, 3.8) is 0 Å². The first-order chi connectivity index (χ1) is 7.56. The normalized spacial score (nSPS) is 10.8. The van der Waals surface area contributed by atoms with E-state index in [-0.39, 0.29) is 17.0 Å². The molecule has 16 heavy (non-hydrogen) atoms. The molecule has 0 aliphatic carbocycles. The molecule has 0 saturated heterocycles. The van der Waals surface area contributed by atoms with Gasteiger partial charge in [0.15, 0.2) is 0 Å². The van der Waals surface area contributed by atoms with E-state index in [1.54, 1.807) is 12.1 Å². The predicted molar refractivity (Wildman–Crippen MR) is 60.1 cm³/mol. The van der Waals surface area contributed by atoms with Gasteiger partial charge in [0.25, 0.3) is 10.0 Å². The Morgan fingerprint density at radius 3 is 2.56 bits per heavy atom. The molecule has 6 heteroatoms. The average molecular weight is 240 g/mol. The minimum absolute atomic E-state index is 0.0966. The second-order valence-electron chi connectivity index (χ2n) is 2.94. The van der Waals surface area contributed by atoms with Crippen LogP contribution in [0.3, 0.4) is 0 Å². The van der Waals surface area contributed by atoms with E-state index in [1.807, 2.05) is 6.07 Å². The standard InChI is InChI=1S/C10H12N2O3S/c1-3-16(13,14)12(15-2)10-7-5-4-6-9(10)8-11/h4-7H,3H2,1-2H3. The largest absolute Gasteiger partial charge is 0.262 e. The van der Waals surface area contributed by atoms with Crippen molar-refractivity contribution in [2.75, 3.05) is 17.3 Å². The molecule has 5 nitrogen and oxygen atoms in total. The lowest BCUT2D eigenvalue weighted by atomic mass is 10.2. The van der Waals surface area contributed by atoms with E-state index in [0.29, 0.717) is 0 Å². The van der Waals surface area contributed by atoms with Crippen LogP contribution >= 0.6 is 0 Å². The summed E-state index contributed by atoms with van der Waals surface area (Å²) in [7, 11) is -2.28. The fourth-order valence-electron chi connectivity index (χ4n) is 1.21. The van der Waals surface area contributed by atoms with Gasteiger partial charge in [-0.05, 0) is 19.1 Å². The Balaban J connectivity index is 3.31. The molecular formula is C10H12N2O3S. The van der Waals surface area contributed by atoms with Gasteiger partial charge in [0.1, 0.15) is 6.07 Å². The Bertz CT molecular complexity index is 505. The van der Waals surface area contributed by atoms with Gasteiger partial charge < -0.3 is 0 Å². The zero-order valence-corrected chi connectivity index (χ0v) is 9.86. The summed E-state index contributed by atoms with van der Waals surface area (Å²) in [4.78, 5) is 4.83. The molecule has 0 amide bonds. The van der Waals surface area contributed by atoms with Crippen LogP contribution in [0.2, 0.25) is 0 Å². The molecule has 0 atom stereocenters. The van der Waals surface area contributed by atoms with Gasteiger partial charge in [0.2, 0.25) is 0 Å². The highest BCUT2D eigenvalue weighted by molar-refractivity contribution is 7.92. The topological polar surface area (TPSA) is 70.4 Å². The van der Waals surface area contributed by atoms with Crippen molar-refractivity contribution in [3.05, 3.63) is 29.8 Å². The minimum atomic E-state index is -3.54. The van der Waals surface area contributed by atoms with Crippen molar-refractivity contribution in [2.45, 2.75) is 6.92 Å². The summed E-state index contributed by atoms with van der Waals surface area (Å²) >= 11 is 0. The molecule has 0 saturated carbocycles. The fraction of sp³-hybridized carbons (Fsp3) is 0.300. The second-order valence-corrected chi connectivity index (χ2v) is 5.01. The van der Waals surface area contributed by atoms with Gasteiger partial charge in [0, 0.05) is 0 Å². The Morgan fingerprint density at radius 1 is 1.44 bits per heavy atom. The van der Waals surface area contributed by atoms with Crippen LogP contribution in [0.4, 0.5) is 5.69 Å². The molecule has 0 bridgehead atoms. The third kappa shape index (κ3) is 2.32. The van der Waals surface area contributed by atoms with Crippen molar-refractivity contribution < 1.29 is 13.3 Å². The first-order valence-corrected chi connectivity index (χ1v) is 6.24. The summed E-state index contributed by atoms with van der Waals surface area (Å²) in [6.07, 6.45) is 0. The van der Waals surface area contributed by atoms with Crippen LogP contribution in [-0.4, -0.2) is 21.3 Å². The van der Waals surface area contributed by atoms with E-state index in [0.717, 1.165) is 4.47 Å². The van der Waals surface area contributed by atoms with Gasteiger partial charge in [-0.15, -0.1) is 4.47 Å². The molecule has 0 unspecified atom stereocenters. The zero-order chi connectivity index (χ0) is 12.2. The molecule has 0 aliphatic heterocycles. The number of nitriles is 1. The number of nitrogens with zero attached hydrogens (tertiary/aromatic N) is 2. The molecule has 0 N–H and O–H groups in total. The van der Waals surface area contributed by atoms with E-state index in [2.05, 4.69) is 0 Å². The van der Waals surface area contributed by atoms with Crippen molar-refractivity contribution in [1.82, 2.24) is 0 Å². The van der Waals surface area contributed by atoms with Gasteiger partial charge in [-0.25, -0.2) is 8.42 Å². The van der Waals surface area contributed by atoms with E-state index in [4.69, 9.17) is 10.1 Å². The number of rotatable bonds is 4. The van der Waals surface area contributed by atoms with E-state index in [9.17, 15) is 8.42 Å². The third-order valence-electron chi connectivity index (χ3n) is 2.00. The van der Waals surface area contributed by atoms with Crippen LogP contribution in [0, 0.1) is 11.3 Å². The summed E-state index contributed by atoms with van der Waals surface area (Å²) in [5.41, 5.74) is 0.482. The number of benzene rings is 1. The lowest BCUT2D eigenvalue weighted by Gasteiger charge is -2.21. The van der Waals surface area contributed by atoms with E-state index in [1.165, 1.54) is 26.2 Å². The van der Waals surface area contributed by atoms with Crippen LogP contribution < -0.4 is 4.47 Å². The number of hydrogen-bond donors (Lipinski definition) is 0. The van der Waals surface area contributed by atoms with Gasteiger partial charge in [0.05, 0.1) is 24.1 Å². The lowest BCUT2D eigenvalue weighted by Crippen LogP contribution is -2.31. The number of para-hydroxylation sites is 1. The first kappa shape index (κ1) is 12.5. The molecule has 0 aliphatic rings. The van der Waals surface area contributed by atoms with Crippen LogP contribution in [0.1, 0.15) is 12.5 Å². The van der Waals surface area contributed by atoms with Crippen LogP contribution in [0.15, 0.2) is 24.3 Å². The molecule has 0 radical (unpaired) electrons. The van der Waals surface area contributed by atoms with E-state index < -0.39 is 10.0 Å². The van der Waals surface area contributed by atoms with Crippen LogP contribution in [0.5, 0.6) is 0 Å². The molecule has 1 aromatic rings. The molecule has 0 heterocycles. The summed E-state index contributed by atoms with van der Waals surface area (Å²) in [6, 6.07) is 8.29. The third-order valence-corrected chi connectivity index (χ3v) is 3.59. The van der Waals surface area contributed by atoms with Crippen molar-refractivity contribution >= 4 is 15.7 Å². The van der Waals surface area contributed by atoms with Gasteiger partial charge in [-0.2, -0.15) is 5.26 Å².